The summed E-state index contributed by atoms with van der Waals surface area (Å²) < 4.78 is 12.8. The molecule has 4 heteroatoms. The molecule has 0 fully saturated rings. The molecule has 12 heavy (non-hydrogen) atoms. The fourth-order valence-corrected chi connectivity index (χ4v) is 1.12. The molecule has 0 aliphatic rings. The summed E-state index contributed by atoms with van der Waals surface area (Å²) in [4.78, 5) is 10.4. The number of carbonyl (C=O) groups is 1. The van der Waals surface area contributed by atoms with Crippen LogP contribution in [0.1, 0.15) is 15.9 Å². The van der Waals surface area contributed by atoms with Gasteiger partial charge in [-0.3, -0.25) is 0 Å². The highest BCUT2D eigenvalue weighted by atomic mass is 35.5. The lowest BCUT2D eigenvalue weighted by Gasteiger charge is -2.00. The Labute approximate surface area is 73.6 Å². The van der Waals surface area contributed by atoms with E-state index in [1.54, 1.807) is 0 Å². The maximum absolute atomic E-state index is 12.8. The van der Waals surface area contributed by atoms with E-state index in [-0.39, 0.29) is 16.1 Å². The van der Waals surface area contributed by atoms with Crippen molar-refractivity contribution < 1.29 is 14.3 Å². The monoisotopic (exact) mass is 188 g/mol. The standard InChI is InChI=1S/C8H6ClFO2/c1-4-2-5(8(11)12)3-6(9)7(4)10/h2-3H,1H3,(H,11,12). The van der Waals surface area contributed by atoms with Crippen molar-refractivity contribution in [2.75, 3.05) is 0 Å². The molecular weight excluding hydrogens is 183 g/mol. The third kappa shape index (κ3) is 1.56. The second-order valence-corrected chi connectivity index (χ2v) is 2.80. The lowest BCUT2D eigenvalue weighted by Crippen LogP contribution is -1.98. The summed E-state index contributed by atoms with van der Waals surface area (Å²) in [6, 6.07) is 2.33. The zero-order valence-electron chi connectivity index (χ0n) is 6.27. The first-order chi connectivity index (χ1) is 5.52. The average molecular weight is 189 g/mol. The van der Waals surface area contributed by atoms with Crippen molar-refractivity contribution in [3.8, 4) is 0 Å². The maximum atomic E-state index is 12.8. The van der Waals surface area contributed by atoms with Gasteiger partial charge in [-0.15, -0.1) is 0 Å². The van der Waals surface area contributed by atoms with Crippen LogP contribution in [0.25, 0.3) is 0 Å². The minimum Gasteiger partial charge on any atom is -0.478 e. The van der Waals surface area contributed by atoms with E-state index < -0.39 is 11.8 Å². The van der Waals surface area contributed by atoms with Gasteiger partial charge in [0, 0.05) is 0 Å². The zero-order chi connectivity index (χ0) is 9.30. The zero-order valence-corrected chi connectivity index (χ0v) is 7.02. The second-order valence-electron chi connectivity index (χ2n) is 2.39. The third-order valence-corrected chi connectivity index (χ3v) is 1.73. The Hall–Kier alpha value is -1.09. The number of rotatable bonds is 1. The van der Waals surface area contributed by atoms with Crippen molar-refractivity contribution >= 4 is 17.6 Å². The number of carboxylic acid groups (broad SMARTS) is 1. The number of aromatic carboxylic acids is 1. The summed E-state index contributed by atoms with van der Waals surface area (Å²) >= 11 is 5.42. The van der Waals surface area contributed by atoms with Crippen LogP contribution < -0.4 is 0 Å². The van der Waals surface area contributed by atoms with Gasteiger partial charge in [-0.2, -0.15) is 0 Å². The highest BCUT2D eigenvalue weighted by Crippen LogP contribution is 2.19. The minimum atomic E-state index is -1.11. The molecule has 2 nitrogen and oxygen atoms in total. The average Bonchev–Trinajstić information content (AvgIpc) is 1.99. The van der Waals surface area contributed by atoms with Crippen molar-refractivity contribution in [3.63, 3.8) is 0 Å². The van der Waals surface area contributed by atoms with E-state index in [4.69, 9.17) is 16.7 Å². The van der Waals surface area contributed by atoms with Crippen molar-refractivity contribution in [1.82, 2.24) is 0 Å². The predicted molar refractivity (Wildman–Crippen MR) is 43.1 cm³/mol. The molecule has 0 aromatic heterocycles. The van der Waals surface area contributed by atoms with Crippen LogP contribution >= 0.6 is 11.6 Å². The highest BCUT2D eigenvalue weighted by Gasteiger charge is 2.09. The Balaban J connectivity index is 3.31. The molecule has 0 heterocycles. The lowest BCUT2D eigenvalue weighted by atomic mass is 10.1. The molecule has 64 valence electrons. The van der Waals surface area contributed by atoms with Crippen LogP contribution in [0.3, 0.4) is 0 Å². The molecular formula is C8H6ClFO2. The Kier molecular flexibility index (Phi) is 2.33. The molecule has 0 aliphatic heterocycles. The van der Waals surface area contributed by atoms with Gasteiger partial charge in [-0.1, -0.05) is 11.6 Å². The molecule has 0 amide bonds. The van der Waals surface area contributed by atoms with Gasteiger partial charge >= 0.3 is 5.97 Å². The van der Waals surface area contributed by atoms with E-state index in [2.05, 4.69) is 0 Å². The quantitative estimate of drug-likeness (QED) is 0.735. The smallest absolute Gasteiger partial charge is 0.335 e. The summed E-state index contributed by atoms with van der Waals surface area (Å²) in [5.41, 5.74) is 0.235. The van der Waals surface area contributed by atoms with Gasteiger partial charge in [0.2, 0.25) is 0 Å². The van der Waals surface area contributed by atoms with Gasteiger partial charge < -0.3 is 5.11 Å². The fourth-order valence-electron chi connectivity index (χ4n) is 0.850. The van der Waals surface area contributed by atoms with Crippen molar-refractivity contribution in [3.05, 3.63) is 34.1 Å². The molecule has 0 saturated heterocycles. The summed E-state index contributed by atoms with van der Waals surface area (Å²) in [7, 11) is 0. The molecule has 1 N–H and O–H groups in total. The van der Waals surface area contributed by atoms with Gasteiger partial charge in [0.25, 0.3) is 0 Å². The van der Waals surface area contributed by atoms with Crippen LogP contribution in [0.5, 0.6) is 0 Å². The fraction of sp³-hybridized carbons (Fsp3) is 0.125. The highest BCUT2D eigenvalue weighted by molar-refractivity contribution is 6.31. The molecule has 0 aliphatic carbocycles. The Morgan fingerprint density at radius 3 is 2.58 bits per heavy atom. The predicted octanol–water partition coefficient (Wildman–Crippen LogP) is 2.49. The molecule has 0 radical (unpaired) electrons. The van der Waals surface area contributed by atoms with Gasteiger partial charge in [0.15, 0.2) is 0 Å². The summed E-state index contributed by atoms with van der Waals surface area (Å²) in [5, 5.41) is 8.38. The first kappa shape index (κ1) is 9.00. The topological polar surface area (TPSA) is 37.3 Å². The number of benzene rings is 1. The number of aryl methyl sites for hydroxylation is 1. The maximum Gasteiger partial charge on any atom is 0.335 e. The van der Waals surface area contributed by atoms with E-state index in [1.807, 2.05) is 0 Å². The third-order valence-electron chi connectivity index (χ3n) is 1.46. The number of halogens is 2. The number of hydrogen-bond donors (Lipinski definition) is 1. The van der Waals surface area contributed by atoms with E-state index in [1.165, 1.54) is 13.0 Å². The second kappa shape index (κ2) is 3.11. The minimum absolute atomic E-state index is 0.00102. The summed E-state index contributed by atoms with van der Waals surface area (Å²) in [6.07, 6.45) is 0. The molecule has 1 aromatic rings. The summed E-state index contributed by atoms with van der Waals surface area (Å²) in [6.45, 7) is 1.47. The molecule has 0 bridgehead atoms. The first-order valence-electron chi connectivity index (χ1n) is 3.21. The lowest BCUT2D eigenvalue weighted by molar-refractivity contribution is 0.0696. The SMILES string of the molecule is Cc1cc(C(=O)O)cc(Cl)c1F. The van der Waals surface area contributed by atoms with Gasteiger partial charge in [-0.05, 0) is 24.6 Å². The van der Waals surface area contributed by atoms with Crippen LogP contribution in [0.4, 0.5) is 4.39 Å². The van der Waals surface area contributed by atoms with Crippen LogP contribution in [0.15, 0.2) is 12.1 Å². The van der Waals surface area contributed by atoms with Crippen molar-refractivity contribution in [2.24, 2.45) is 0 Å². The van der Waals surface area contributed by atoms with Crippen LogP contribution in [0.2, 0.25) is 5.02 Å². The molecule has 1 aromatic carbocycles. The van der Waals surface area contributed by atoms with E-state index >= 15 is 0 Å². The Bertz CT molecular complexity index is 313. The van der Waals surface area contributed by atoms with Crippen LogP contribution in [-0.4, -0.2) is 11.1 Å². The van der Waals surface area contributed by atoms with E-state index in [9.17, 15) is 9.18 Å². The first-order valence-corrected chi connectivity index (χ1v) is 3.59. The van der Waals surface area contributed by atoms with Crippen molar-refractivity contribution in [1.29, 1.82) is 0 Å². The van der Waals surface area contributed by atoms with Crippen LogP contribution in [0, 0.1) is 12.7 Å². The molecule has 0 saturated carbocycles. The largest absolute Gasteiger partial charge is 0.478 e. The van der Waals surface area contributed by atoms with E-state index in [0.29, 0.717) is 0 Å². The van der Waals surface area contributed by atoms with E-state index in [0.717, 1.165) is 6.07 Å². The Morgan fingerprint density at radius 2 is 2.17 bits per heavy atom. The molecule has 0 spiro atoms. The number of hydrogen-bond acceptors (Lipinski definition) is 1. The van der Waals surface area contributed by atoms with Gasteiger partial charge in [-0.25, -0.2) is 9.18 Å². The Morgan fingerprint density at radius 1 is 1.58 bits per heavy atom. The van der Waals surface area contributed by atoms with Gasteiger partial charge in [0.05, 0.1) is 10.6 Å². The number of carboxylic acids is 1. The van der Waals surface area contributed by atoms with Crippen LogP contribution in [-0.2, 0) is 0 Å². The summed E-state index contributed by atoms with van der Waals surface area (Å²) in [5.74, 6) is -1.68. The van der Waals surface area contributed by atoms with Gasteiger partial charge in [0.1, 0.15) is 5.82 Å². The molecule has 1 rings (SSSR count). The normalized spacial score (nSPS) is 9.92. The van der Waals surface area contributed by atoms with Crippen molar-refractivity contribution in [2.45, 2.75) is 6.92 Å². The molecule has 0 atom stereocenters. The molecule has 0 unspecified atom stereocenters.